The predicted octanol–water partition coefficient (Wildman–Crippen LogP) is 2.23. The van der Waals surface area contributed by atoms with E-state index in [-0.39, 0.29) is 5.57 Å². The first-order valence-corrected chi connectivity index (χ1v) is 8.54. The van der Waals surface area contributed by atoms with Crippen LogP contribution in [0.25, 0.3) is 0 Å². The van der Waals surface area contributed by atoms with Crippen LogP contribution < -0.4 is 0 Å². The van der Waals surface area contributed by atoms with Crippen molar-refractivity contribution in [3.8, 4) is 0 Å². The molecule has 0 spiro atoms. The molecule has 0 saturated carbocycles. The van der Waals surface area contributed by atoms with E-state index in [4.69, 9.17) is 14.6 Å². The van der Waals surface area contributed by atoms with Gasteiger partial charge < -0.3 is 14.6 Å². The molecule has 132 valence electrons. The molecule has 0 aliphatic carbocycles. The normalized spacial score (nSPS) is 16.3. The zero-order valence-corrected chi connectivity index (χ0v) is 14.1. The number of hydrogen-bond donors (Lipinski definition) is 1. The van der Waals surface area contributed by atoms with Crippen molar-refractivity contribution < 1.29 is 24.2 Å². The largest absolute Gasteiger partial charge is 0.478 e. The molecular weight excluding hydrogens is 298 g/mol. The standard InChI is InChI=1S/C17H29NO5/c1-2-3-11-23-17(21)15(14-16(19)20)7-5-4-6-8-18-9-12-22-13-10-18/h14H,2-13H2,1H3,(H,19,20)/b15-14+. The van der Waals surface area contributed by atoms with E-state index in [0.717, 1.165) is 71.0 Å². The number of aliphatic carboxylic acids is 1. The molecule has 0 radical (unpaired) electrons. The quantitative estimate of drug-likeness (QED) is 0.356. The third kappa shape index (κ3) is 9.36. The molecule has 0 aromatic rings. The van der Waals surface area contributed by atoms with Crippen LogP contribution >= 0.6 is 0 Å². The van der Waals surface area contributed by atoms with E-state index in [9.17, 15) is 9.59 Å². The number of carbonyl (C=O) groups is 2. The van der Waals surface area contributed by atoms with Crippen LogP contribution in [0.5, 0.6) is 0 Å². The van der Waals surface area contributed by atoms with Crippen LogP contribution in [0.2, 0.25) is 0 Å². The molecule has 0 unspecified atom stereocenters. The zero-order valence-electron chi connectivity index (χ0n) is 14.1. The number of hydrogen-bond acceptors (Lipinski definition) is 5. The molecule has 0 bridgehead atoms. The lowest BCUT2D eigenvalue weighted by molar-refractivity contribution is -0.140. The molecule has 1 rings (SSSR count). The van der Waals surface area contributed by atoms with Crippen LogP contribution in [0.4, 0.5) is 0 Å². The molecule has 1 fully saturated rings. The Balaban J connectivity index is 2.25. The van der Waals surface area contributed by atoms with Gasteiger partial charge in [0.2, 0.25) is 0 Å². The summed E-state index contributed by atoms with van der Waals surface area (Å²) >= 11 is 0. The van der Waals surface area contributed by atoms with E-state index < -0.39 is 11.9 Å². The summed E-state index contributed by atoms with van der Waals surface area (Å²) in [5, 5.41) is 8.87. The molecule has 0 aromatic heterocycles. The molecule has 0 aromatic carbocycles. The summed E-state index contributed by atoms with van der Waals surface area (Å²) in [6, 6.07) is 0. The average molecular weight is 327 g/mol. The third-order valence-corrected chi connectivity index (χ3v) is 3.82. The van der Waals surface area contributed by atoms with E-state index >= 15 is 0 Å². The summed E-state index contributed by atoms with van der Waals surface area (Å²) in [6.45, 7) is 6.95. The summed E-state index contributed by atoms with van der Waals surface area (Å²) in [5.41, 5.74) is 0.264. The molecule has 0 amide bonds. The second-order valence-electron chi connectivity index (χ2n) is 5.76. The number of carbonyl (C=O) groups excluding carboxylic acids is 1. The van der Waals surface area contributed by atoms with Crippen LogP contribution in [-0.4, -0.2) is 61.4 Å². The van der Waals surface area contributed by atoms with Crippen LogP contribution in [0.15, 0.2) is 11.6 Å². The van der Waals surface area contributed by atoms with Gasteiger partial charge in [0.05, 0.1) is 19.8 Å². The molecule has 1 N–H and O–H groups in total. The predicted molar refractivity (Wildman–Crippen MR) is 87.3 cm³/mol. The van der Waals surface area contributed by atoms with E-state index in [1.54, 1.807) is 0 Å². The molecule has 1 heterocycles. The summed E-state index contributed by atoms with van der Waals surface area (Å²) < 4.78 is 10.4. The maximum absolute atomic E-state index is 11.9. The van der Waals surface area contributed by atoms with E-state index in [2.05, 4.69) is 4.90 Å². The van der Waals surface area contributed by atoms with Crippen LogP contribution in [0, 0.1) is 0 Å². The van der Waals surface area contributed by atoms with Gasteiger partial charge in [0.15, 0.2) is 0 Å². The summed E-state index contributed by atoms with van der Waals surface area (Å²) in [5.74, 6) is -1.59. The number of morpholine rings is 1. The smallest absolute Gasteiger partial charge is 0.334 e. The second kappa shape index (κ2) is 12.1. The third-order valence-electron chi connectivity index (χ3n) is 3.82. The van der Waals surface area contributed by atoms with Crippen molar-refractivity contribution in [3.05, 3.63) is 11.6 Å². The second-order valence-corrected chi connectivity index (χ2v) is 5.76. The lowest BCUT2D eigenvalue weighted by Crippen LogP contribution is -2.36. The Labute approximate surface area is 138 Å². The van der Waals surface area contributed by atoms with E-state index in [1.165, 1.54) is 0 Å². The first kappa shape index (κ1) is 19.6. The first-order valence-electron chi connectivity index (χ1n) is 8.54. The highest BCUT2D eigenvalue weighted by Gasteiger charge is 2.13. The van der Waals surface area contributed by atoms with Crippen LogP contribution in [-0.2, 0) is 19.1 Å². The minimum absolute atomic E-state index is 0.264. The fourth-order valence-electron chi connectivity index (χ4n) is 2.44. The van der Waals surface area contributed by atoms with Crippen molar-refractivity contribution in [1.82, 2.24) is 4.90 Å². The van der Waals surface area contributed by atoms with Gasteiger partial charge in [-0.05, 0) is 32.2 Å². The number of rotatable bonds is 11. The Morgan fingerprint density at radius 2 is 1.91 bits per heavy atom. The van der Waals surface area contributed by atoms with E-state index in [0.29, 0.717) is 13.0 Å². The van der Waals surface area contributed by atoms with Crippen molar-refractivity contribution in [2.24, 2.45) is 0 Å². The van der Waals surface area contributed by atoms with Gasteiger partial charge in [-0.25, -0.2) is 9.59 Å². The molecule has 6 nitrogen and oxygen atoms in total. The topological polar surface area (TPSA) is 76.1 Å². The van der Waals surface area contributed by atoms with Crippen molar-refractivity contribution in [2.75, 3.05) is 39.5 Å². The Kier molecular flexibility index (Phi) is 10.3. The average Bonchev–Trinajstić information content (AvgIpc) is 2.54. The van der Waals surface area contributed by atoms with Crippen LogP contribution in [0.3, 0.4) is 0 Å². The fraction of sp³-hybridized carbons (Fsp3) is 0.765. The van der Waals surface area contributed by atoms with Crippen LogP contribution in [0.1, 0.15) is 45.4 Å². The lowest BCUT2D eigenvalue weighted by atomic mass is 10.1. The van der Waals surface area contributed by atoms with Gasteiger partial charge in [-0.3, -0.25) is 4.90 Å². The lowest BCUT2D eigenvalue weighted by Gasteiger charge is -2.26. The number of ether oxygens (including phenoxy) is 2. The molecule has 23 heavy (non-hydrogen) atoms. The maximum atomic E-state index is 11.9. The Morgan fingerprint density at radius 3 is 2.57 bits per heavy atom. The number of unbranched alkanes of at least 4 members (excludes halogenated alkanes) is 3. The van der Waals surface area contributed by atoms with Gasteiger partial charge >= 0.3 is 11.9 Å². The maximum Gasteiger partial charge on any atom is 0.334 e. The monoisotopic (exact) mass is 327 g/mol. The Hall–Kier alpha value is -1.40. The highest BCUT2D eigenvalue weighted by Crippen LogP contribution is 2.12. The summed E-state index contributed by atoms with van der Waals surface area (Å²) in [7, 11) is 0. The number of carboxylic acid groups (broad SMARTS) is 1. The van der Waals surface area contributed by atoms with E-state index in [1.807, 2.05) is 6.92 Å². The van der Waals surface area contributed by atoms with Gasteiger partial charge in [0.1, 0.15) is 0 Å². The highest BCUT2D eigenvalue weighted by atomic mass is 16.5. The first-order chi connectivity index (χ1) is 11.1. The molecular formula is C17H29NO5. The van der Waals surface area contributed by atoms with Crippen molar-refractivity contribution in [1.29, 1.82) is 0 Å². The van der Waals surface area contributed by atoms with Crippen molar-refractivity contribution in [2.45, 2.75) is 45.4 Å². The fourth-order valence-corrected chi connectivity index (χ4v) is 2.44. The molecule has 1 aliphatic rings. The molecule has 1 aliphatic heterocycles. The summed E-state index contributed by atoms with van der Waals surface area (Å²) in [6.07, 6.45) is 5.99. The highest BCUT2D eigenvalue weighted by molar-refractivity contribution is 5.95. The number of esters is 1. The van der Waals surface area contributed by atoms with Gasteiger partial charge in [0, 0.05) is 24.7 Å². The molecule has 0 atom stereocenters. The minimum Gasteiger partial charge on any atom is -0.478 e. The summed E-state index contributed by atoms with van der Waals surface area (Å²) in [4.78, 5) is 25.1. The van der Waals surface area contributed by atoms with Gasteiger partial charge in [0.25, 0.3) is 0 Å². The Morgan fingerprint density at radius 1 is 1.17 bits per heavy atom. The Bertz CT molecular complexity index is 388. The van der Waals surface area contributed by atoms with Crippen molar-refractivity contribution in [3.63, 3.8) is 0 Å². The SMILES string of the molecule is CCCCOC(=O)/C(=C/C(=O)O)CCCCCN1CCOCC1. The molecule has 6 heteroatoms. The molecule has 1 saturated heterocycles. The number of carboxylic acids is 1. The van der Waals surface area contributed by atoms with Crippen molar-refractivity contribution >= 4 is 11.9 Å². The number of nitrogens with zero attached hydrogens (tertiary/aromatic N) is 1. The van der Waals surface area contributed by atoms with Gasteiger partial charge in [-0.2, -0.15) is 0 Å². The minimum atomic E-state index is -1.10. The van der Waals surface area contributed by atoms with Gasteiger partial charge in [-0.1, -0.05) is 19.8 Å². The zero-order chi connectivity index (χ0) is 16.9. The van der Waals surface area contributed by atoms with Gasteiger partial charge in [-0.15, -0.1) is 0 Å².